The van der Waals surface area contributed by atoms with Gasteiger partial charge >= 0.3 is 0 Å². The molecular formula is C29H31N3O4S. The Kier molecular flexibility index (Phi) is 8.50. The van der Waals surface area contributed by atoms with Gasteiger partial charge in [-0.15, -0.1) is 0 Å². The number of carbonyl (C=O) groups is 2. The van der Waals surface area contributed by atoms with Gasteiger partial charge in [-0.3, -0.25) is 14.5 Å². The number of rotatable bonds is 9. The number of thioether (sulfide) groups is 1. The van der Waals surface area contributed by atoms with Crippen molar-refractivity contribution in [2.24, 2.45) is 4.99 Å². The Bertz CT molecular complexity index is 1310. The van der Waals surface area contributed by atoms with Crippen LogP contribution in [0.5, 0.6) is 11.5 Å². The first-order valence-electron chi connectivity index (χ1n) is 12.1. The lowest BCUT2D eigenvalue weighted by molar-refractivity contribution is -0.128. The van der Waals surface area contributed by atoms with Crippen LogP contribution in [0.25, 0.3) is 0 Å². The van der Waals surface area contributed by atoms with Crippen LogP contribution in [-0.4, -0.2) is 47.9 Å². The van der Waals surface area contributed by atoms with Crippen LogP contribution in [0.15, 0.2) is 71.7 Å². The first-order valence-corrected chi connectivity index (χ1v) is 13.0. The standard InChI is InChI=1S/C29H31N3O4S/c1-19-10-12-23(20(2)16-19)31-27(33)18-26-28(34)32(29(37-26)30-22-8-6-5-7-9-22)15-14-21-11-13-24(35-3)25(17-21)36-4/h5-13,16-17,26H,14-15,18H2,1-4H3,(H,31,33)/t26-/m0/s1. The summed E-state index contributed by atoms with van der Waals surface area (Å²) >= 11 is 1.34. The lowest BCUT2D eigenvalue weighted by atomic mass is 10.1. The highest BCUT2D eigenvalue weighted by Gasteiger charge is 2.39. The molecule has 37 heavy (non-hydrogen) atoms. The maximum Gasteiger partial charge on any atom is 0.242 e. The molecule has 0 aromatic heterocycles. The van der Waals surface area contributed by atoms with Crippen molar-refractivity contribution in [3.8, 4) is 11.5 Å². The molecule has 1 N–H and O–H groups in total. The van der Waals surface area contributed by atoms with Crippen molar-refractivity contribution in [2.45, 2.75) is 31.9 Å². The number of aryl methyl sites for hydroxylation is 2. The van der Waals surface area contributed by atoms with Crippen LogP contribution in [0.1, 0.15) is 23.1 Å². The number of benzene rings is 3. The summed E-state index contributed by atoms with van der Waals surface area (Å²) in [7, 11) is 3.20. The van der Waals surface area contributed by atoms with Crippen molar-refractivity contribution in [1.29, 1.82) is 0 Å². The zero-order valence-electron chi connectivity index (χ0n) is 21.5. The molecule has 3 aromatic rings. The lowest BCUT2D eigenvalue weighted by Gasteiger charge is -2.17. The van der Waals surface area contributed by atoms with E-state index in [1.54, 1.807) is 19.1 Å². The number of nitrogens with zero attached hydrogens (tertiary/aromatic N) is 2. The Morgan fingerprint density at radius 1 is 1.00 bits per heavy atom. The third-order valence-corrected chi connectivity index (χ3v) is 7.28. The molecule has 8 heteroatoms. The fourth-order valence-electron chi connectivity index (χ4n) is 4.14. The number of amides is 2. The van der Waals surface area contributed by atoms with Gasteiger partial charge in [0, 0.05) is 18.7 Å². The summed E-state index contributed by atoms with van der Waals surface area (Å²) < 4.78 is 10.7. The number of anilines is 1. The maximum absolute atomic E-state index is 13.5. The van der Waals surface area contributed by atoms with Gasteiger partial charge in [0.25, 0.3) is 0 Å². The van der Waals surface area contributed by atoms with Crippen molar-refractivity contribution >= 4 is 40.1 Å². The predicted octanol–water partition coefficient (Wildman–Crippen LogP) is 5.52. The van der Waals surface area contributed by atoms with Crippen molar-refractivity contribution in [1.82, 2.24) is 4.90 Å². The highest BCUT2D eigenvalue weighted by atomic mass is 32.2. The number of amidine groups is 1. The molecule has 1 aliphatic rings. The molecule has 0 bridgehead atoms. The monoisotopic (exact) mass is 517 g/mol. The van der Waals surface area contributed by atoms with E-state index in [2.05, 4.69) is 5.32 Å². The van der Waals surface area contributed by atoms with E-state index in [1.165, 1.54) is 11.8 Å². The largest absolute Gasteiger partial charge is 0.493 e. The van der Waals surface area contributed by atoms with Crippen LogP contribution in [-0.2, 0) is 16.0 Å². The SMILES string of the molecule is COc1ccc(CCN2C(=O)[C@H](CC(=O)Nc3ccc(C)cc3C)SC2=Nc2ccccc2)cc1OC. The number of carbonyl (C=O) groups excluding carboxylic acids is 2. The van der Waals surface area contributed by atoms with Crippen molar-refractivity contribution in [2.75, 3.05) is 26.1 Å². The smallest absolute Gasteiger partial charge is 0.242 e. The minimum absolute atomic E-state index is 0.0669. The number of hydrogen-bond acceptors (Lipinski definition) is 6. The van der Waals surface area contributed by atoms with Gasteiger partial charge in [0.15, 0.2) is 16.7 Å². The van der Waals surface area contributed by atoms with Crippen LogP contribution in [0, 0.1) is 13.8 Å². The van der Waals surface area contributed by atoms with Gasteiger partial charge in [-0.1, -0.05) is 53.7 Å². The van der Waals surface area contributed by atoms with E-state index in [9.17, 15) is 9.59 Å². The van der Waals surface area contributed by atoms with Gasteiger partial charge < -0.3 is 14.8 Å². The molecule has 0 aliphatic carbocycles. The van der Waals surface area contributed by atoms with Gasteiger partial charge in [0.05, 0.1) is 19.9 Å². The minimum Gasteiger partial charge on any atom is -0.493 e. The molecule has 1 saturated heterocycles. The molecule has 1 atom stereocenters. The molecule has 0 unspecified atom stereocenters. The molecule has 192 valence electrons. The number of aliphatic imine (C=N–C) groups is 1. The third kappa shape index (κ3) is 6.51. The molecular weight excluding hydrogens is 486 g/mol. The number of hydrogen-bond donors (Lipinski definition) is 1. The molecule has 2 amide bonds. The highest BCUT2D eigenvalue weighted by molar-refractivity contribution is 8.15. The first-order chi connectivity index (χ1) is 17.9. The fourth-order valence-corrected chi connectivity index (χ4v) is 5.33. The molecule has 1 aliphatic heterocycles. The zero-order chi connectivity index (χ0) is 26.4. The molecule has 4 rings (SSSR count). The van der Waals surface area contributed by atoms with E-state index in [0.717, 1.165) is 28.1 Å². The molecule has 3 aromatic carbocycles. The van der Waals surface area contributed by atoms with Crippen LogP contribution in [0.4, 0.5) is 11.4 Å². The van der Waals surface area contributed by atoms with E-state index in [4.69, 9.17) is 14.5 Å². The molecule has 1 heterocycles. The summed E-state index contributed by atoms with van der Waals surface area (Å²) in [6.45, 7) is 4.40. The summed E-state index contributed by atoms with van der Waals surface area (Å²) in [5, 5.41) is 3.01. The van der Waals surface area contributed by atoms with Crippen LogP contribution in [0.2, 0.25) is 0 Å². The second-order valence-electron chi connectivity index (χ2n) is 8.84. The summed E-state index contributed by atoms with van der Waals surface area (Å²) in [5.74, 6) is 0.982. The number of ether oxygens (including phenoxy) is 2. The summed E-state index contributed by atoms with van der Waals surface area (Å²) in [5.41, 5.74) is 4.64. The molecule has 0 saturated carbocycles. The van der Waals surface area contributed by atoms with Gasteiger partial charge in [-0.05, 0) is 61.7 Å². The first kappa shape index (κ1) is 26.3. The van der Waals surface area contributed by atoms with Crippen LogP contribution in [0.3, 0.4) is 0 Å². The number of methoxy groups -OCH3 is 2. The number of nitrogens with one attached hydrogen (secondary N) is 1. The van der Waals surface area contributed by atoms with E-state index in [-0.39, 0.29) is 18.2 Å². The average Bonchev–Trinajstić information content (AvgIpc) is 3.18. The van der Waals surface area contributed by atoms with E-state index >= 15 is 0 Å². The second kappa shape index (κ2) is 12.0. The molecule has 0 spiro atoms. The van der Waals surface area contributed by atoms with Crippen molar-refractivity contribution < 1.29 is 19.1 Å². The van der Waals surface area contributed by atoms with E-state index < -0.39 is 5.25 Å². The van der Waals surface area contributed by atoms with E-state index in [1.807, 2.05) is 80.6 Å². The fraction of sp³-hybridized carbons (Fsp3) is 0.276. The Labute approximate surface area is 221 Å². The molecule has 7 nitrogen and oxygen atoms in total. The quantitative estimate of drug-likeness (QED) is 0.404. The Morgan fingerprint density at radius 3 is 2.46 bits per heavy atom. The average molecular weight is 518 g/mol. The van der Waals surface area contributed by atoms with Crippen molar-refractivity contribution in [3.05, 3.63) is 83.4 Å². The van der Waals surface area contributed by atoms with Gasteiger partial charge in [0.1, 0.15) is 5.25 Å². The minimum atomic E-state index is -0.543. The van der Waals surface area contributed by atoms with Crippen LogP contribution >= 0.6 is 11.8 Å². The van der Waals surface area contributed by atoms with Crippen LogP contribution < -0.4 is 14.8 Å². The Morgan fingerprint density at radius 2 is 1.76 bits per heavy atom. The van der Waals surface area contributed by atoms with Gasteiger partial charge in [0.2, 0.25) is 11.8 Å². The van der Waals surface area contributed by atoms with Gasteiger partial charge in [-0.25, -0.2) is 4.99 Å². The third-order valence-electron chi connectivity index (χ3n) is 6.10. The summed E-state index contributed by atoms with van der Waals surface area (Å²) in [6.07, 6.45) is 0.666. The number of para-hydroxylation sites is 1. The zero-order valence-corrected chi connectivity index (χ0v) is 22.3. The van der Waals surface area contributed by atoms with E-state index in [0.29, 0.717) is 29.6 Å². The van der Waals surface area contributed by atoms with Crippen molar-refractivity contribution in [3.63, 3.8) is 0 Å². The van der Waals surface area contributed by atoms with Gasteiger partial charge in [-0.2, -0.15) is 0 Å². The highest BCUT2D eigenvalue weighted by Crippen LogP contribution is 2.33. The maximum atomic E-state index is 13.5. The topological polar surface area (TPSA) is 80.2 Å². The lowest BCUT2D eigenvalue weighted by Crippen LogP contribution is -2.35. The Hall–Kier alpha value is -3.78. The predicted molar refractivity (Wildman–Crippen MR) is 149 cm³/mol. The summed E-state index contributed by atoms with van der Waals surface area (Å²) in [6, 6.07) is 21.1. The normalized spacial score (nSPS) is 16.2. The second-order valence-corrected chi connectivity index (χ2v) is 10.0. The Balaban J connectivity index is 1.51. The molecule has 0 radical (unpaired) electrons. The summed E-state index contributed by atoms with van der Waals surface area (Å²) in [4.78, 5) is 32.7. The molecule has 1 fully saturated rings.